The summed E-state index contributed by atoms with van der Waals surface area (Å²) in [5.41, 5.74) is 0. The number of hydrogen-bond donors (Lipinski definition) is 1. The second-order valence-corrected chi connectivity index (χ2v) is 7.06. The molecule has 0 atom stereocenters. The van der Waals surface area contributed by atoms with Crippen LogP contribution in [0.25, 0.3) is 0 Å². The van der Waals surface area contributed by atoms with E-state index in [4.69, 9.17) is 9.84 Å². The van der Waals surface area contributed by atoms with E-state index < -0.39 is 5.97 Å². The number of carbonyl (C=O) groups is 2. The van der Waals surface area contributed by atoms with Crippen LogP contribution in [0.2, 0.25) is 0 Å². The summed E-state index contributed by atoms with van der Waals surface area (Å²) in [7, 11) is 0. The molecule has 0 rings (SSSR count). The van der Waals surface area contributed by atoms with Gasteiger partial charge in [-0.15, -0.1) is 0 Å². The fourth-order valence-electron chi connectivity index (χ4n) is 2.92. The van der Waals surface area contributed by atoms with Crippen molar-refractivity contribution in [1.82, 2.24) is 0 Å². The normalized spacial score (nSPS) is 10.8. The number of carbonyl (C=O) groups excluding carboxylic acids is 1. The fraction of sp³-hybridized carbons (Fsp3) is 0.905. The molecule has 25 heavy (non-hydrogen) atoms. The van der Waals surface area contributed by atoms with Crippen molar-refractivity contribution in [2.24, 2.45) is 0 Å². The molecular weight excluding hydrogens is 316 g/mol. The Kier molecular flexibility index (Phi) is 18.5. The number of unbranched alkanes of at least 4 members (excludes halogenated alkanes) is 13. The maximum Gasteiger partial charge on any atom is 0.305 e. The second-order valence-electron chi connectivity index (χ2n) is 7.06. The van der Waals surface area contributed by atoms with Crippen LogP contribution in [0.15, 0.2) is 0 Å². The van der Waals surface area contributed by atoms with Crippen LogP contribution in [0, 0.1) is 0 Å². The van der Waals surface area contributed by atoms with Crippen LogP contribution in [-0.4, -0.2) is 23.7 Å². The summed E-state index contributed by atoms with van der Waals surface area (Å²) in [5.74, 6) is -0.755. The maximum absolute atomic E-state index is 11.6. The molecule has 1 N–H and O–H groups in total. The highest BCUT2D eigenvalue weighted by Crippen LogP contribution is 2.11. The highest BCUT2D eigenvalue weighted by atomic mass is 16.5. The van der Waals surface area contributed by atoms with Crippen LogP contribution in [0.1, 0.15) is 116 Å². The summed E-state index contributed by atoms with van der Waals surface area (Å²) in [4.78, 5) is 22.0. The van der Waals surface area contributed by atoms with Gasteiger partial charge in [-0.05, 0) is 19.3 Å². The van der Waals surface area contributed by atoms with Gasteiger partial charge in [0, 0.05) is 12.8 Å². The molecule has 0 aliphatic rings. The van der Waals surface area contributed by atoms with Gasteiger partial charge < -0.3 is 9.84 Å². The molecule has 4 nitrogen and oxygen atoms in total. The number of ether oxygens (including phenoxy) is 1. The van der Waals surface area contributed by atoms with Crippen LogP contribution in [0.4, 0.5) is 0 Å². The molecule has 0 amide bonds. The molecule has 0 aliphatic heterocycles. The Bertz CT molecular complexity index is 315. The van der Waals surface area contributed by atoms with Crippen molar-refractivity contribution in [3.05, 3.63) is 0 Å². The smallest absolute Gasteiger partial charge is 0.305 e. The summed E-state index contributed by atoms with van der Waals surface area (Å²) in [6, 6.07) is 0. The average molecular weight is 357 g/mol. The van der Waals surface area contributed by atoms with Gasteiger partial charge in [-0.1, -0.05) is 84.0 Å². The standard InChI is InChI=1S/C21H40O4/c1-2-3-4-5-6-10-13-16-19-25-21(24)18-15-12-9-7-8-11-14-17-20(22)23/h2-19H2,1H3,(H,22,23). The molecule has 0 saturated heterocycles. The van der Waals surface area contributed by atoms with Crippen molar-refractivity contribution >= 4 is 11.9 Å². The minimum Gasteiger partial charge on any atom is -0.481 e. The molecular formula is C21H40O4. The number of aliphatic carboxylic acids is 1. The van der Waals surface area contributed by atoms with Gasteiger partial charge in [-0.2, -0.15) is 0 Å². The highest BCUT2D eigenvalue weighted by Gasteiger charge is 2.02. The first-order chi connectivity index (χ1) is 12.2. The lowest BCUT2D eigenvalue weighted by Crippen LogP contribution is -2.05. The van der Waals surface area contributed by atoms with Crippen molar-refractivity contribution in [3.8, 4) is 0 Å². The van der Waals surface area contributed by atoms with Crippen molar-refractivity contribution < 1.29 is 19.4 Å². The Hall–Kier alpha value is -1.06. The number of hydrogen-bond acceptors (Lipinski definition) is 3. The third-order valence-corrected chi connectivity index (χ3v) is 4.53. The number of rotatable bonds is 19. The third kappa shape index (κ3) is 20.9. The maximum atomic E-state index is 11.6. The quantitative estimate of drug-likeness (QED) is 0.219. The Morgan fingerprint density at radius 3 is 1.60 bits per heavy atom. The van der Waals surface area contributed by atoms with Gasteiger partial charge in [0.2, 0.25) is 0 Å². The first kappa shape index (κ1) is 23.9. The zero-order valence-corrected chi connectivity index (χ0v) is 16.4. The van der Waals surface area contributed by atoms with Crippen LogP contribution >= 0.6 is 0 Å². The molecule has 0 heterocycles. The van der Waals surface area contributed by atoms with Gasteiger partial charge in [-0.3, -0.25) is 9.59 Å². The predicted molar refractivity (Wildman–Crippen MR) is 103 cm³/mol. The molecule has 0 fully saturated rings. The van der Waals surface area contributed by atoms with Crippen molar-refractivity contribution in [2.45, 2.75) is 116 Å². The lowest BCUT2D eigenvalue weighted by molar-refractivity contribution is -0.144. The summed E-state index contributed by atoms with van der Waals surface area (Å²) in [5, 5.41) is 8.54. The van der Waals surface area contributed by atoms with E-state index in [2.05, 4.69) is 6.92 Å². The molecule has 0 aromatic heterocycles. The molecule has 148 valence electrons. The predicted octanol–water partition coefficient (Wildman–Crippen LogP) is 6.27. The van der Waals surface area contributed by atoms with Gasteiger partial charge in [0.25, 0.3) is 0 Å². The molecule has 0 aromatic rings. The summed E-state index contributed by atoms with van der Waals surface area (Å²) >= 11 is 0. The zero-order valence-electron chi connectivity index (χ0n) is 16.4. The van der Waals surface area contributed by atoms with E-state index in [0.29, 0.717) is 13.0 Å². The lowest BCUT2D eigenvalue weighted by atomic mass is 10.1. The van der Waals surface area contributed by atoms with Crippen LogP contribution in [-0.2, 0) is 14.3 Å². The van der Waals surface area contributed by atoms with E-state index in [1.165, 1.54) is 44.9 Å². The summed E-state index contributed by atoms with van der Waals surface area (Å²) < 4.78 is 5.27. The van der Waals surface area contributed by atoms with E-state index in [1.807, 2.05) is 0 Å². The van der Waals surface area contributed by atoms with Crippen molar-refractivity contribution in [3.63, 3.8) is 0 Å². The van der Waals surface area contributed by atoms with E-state index in [1.54, 1.807) is 0 Å². The van der Waals surface area contributed by atoms with E-state index in [0.717, 1.165) is 51.4 Å². The number of carboxylic acid groups (broad SMARTS) is 1. The monoisotopic (exact) mass is 356 g/mol. The Morgan fingerprint density at radius 2 is 1.08 bits per heavy atom. The molecule has 0 aromatic carbocycles. The van der Waals surface area contributed by atoms with E-state index >= 15 is 0 Å². The molecule has 0 saturated carbocycles. The molecule has 0 radical (unpaired) electrons. The van der Waals surface area contributed by atoms with E-state index in [9.17, 15) is 9.59 Å². The molecule has 0 bridgehead atoms. The van der Waals surface area contributed by atoms with Gasteiger partial charge in [0.05, 0.1) is 6.61 Å². The fourth-order valence-corrected chi connectivity index (χ4v) is 2.92. The SMILES string of the molecule is CCCCCCCCCCOC(=O)CCCCCCCCCC(=O)O. The Morgan fingerprint density at radius 1 is 0.640 bits per heavy atom. The molecule has 0 spiro atoms. The minimum absolute atomic E-state index is 0.0515. The number of esters is 1. The van der Waals surface area contributed by atoms with Crippen molar-refractivity contribution in [1.29, 1.82) is 0 Å². The summed E-state index contributed by atoms with van der Waals surface area (Å²) in [6.45, 7) is 2.82. The van der Waals surface area contributed by atoms with Crippen molar-refractivity contribution in [2.75, 3.05) is 6.61 Å². The number of carboxylic acids is 1. The first-order valence-electron chi connectivity index (χ1n) is 10.5. The largest absolute Gasteiger partial charge is 0.481 e. The average Bonchev–Trinajstić information content (AvgIpc) is 2.58. The topological polar surface area (TPSA) is 63.6 Å². The lowest BCUT2D eigenvalue weighted by Gasteiger charge is -2.05. The highest BCUT2D eigenvalue weighted by molar-refractivity contribution is 5.69. The molecule has 0 aliphatic carbocycles. The van der Waals surface area contributed by atoms with E-state index in [-0.39, 0.29) is 12.4 Å². The zero-order chi connectivity index (χ0) is 18.6. The molecule has 4 heteroatoms. The van der Waals surface area contributed by atoms with Gasteiger partial charge in [-0.25, -0.2) is 0 Å². The Labute approximate surface area is 154 Å². The van der Waals surface area contributed by atoms with Crippen LogP contribution < -0.4 is 0 Å². The van der Waals surface area contributed by atoms with Crippen LogP contribution in [0.3, 0.4) is 0 Å². The Balaban J connectivity index is 3.17. The summed E-state index contributed by atoms with van der Waals surface area (Å²) in [6.07, 6.45) is 18.0. The van der Waals surface area contributed by atoms with Gasteiger partial charge in [0.15, 0.2) is 0 Å². The second kappa shape index (κ2) is 19.3. The third-order valence-electron chi connectivity index (χ3n) is 4.53. The van der Waals surface area contributed by atoms with Gasteiger partial charge >= 0.3 is 11.9 Å². The van der Waals surface area contributed by atoms with Gasteiger partial charge in [0.1, 0.15) is 0 Å². The first-order valence-corrected chi connectivity index (χ1v) is 10.5. The molecule has 0 unspecified atom stereocenters. The minimum atomic E-state index is -0.703. The van der Waals surface area contributed by atoms with Crippen LogP contribution in [0.5, 0.6) is 0 Å².